The zero-order chi connectivity index (χ0) is 12.9. The number of esters is 1. The fourth-order valence-corrected chi connectivity index (χ4v) is 2.06. The number of hydrogen-bond acceptors (Lipinski definition) is 3. The molecule has 1 rings (SSSR count). The third-order valence-corrected chi connectivity index (χ3v) is 2.74. The van der Waals surface area contributed by atoms with Crippen molar-refractivity contribution < 1.29 is 14.0 Å². The van der Waals surface area contributed by atoms with E-state index in [9.17, 15) is 4.79 Å². The number of hydrogen-bond donors (Lipinski definition) is 0. The minimum Gasteiger partial charge on any atom is -0.544 e. The quantitative estimate of drug-likeness (QED) is 0.457. The normalized spacial score (nSPS) is 10.8. The molecule has 1 aromatic carbocycles. The van der Waals surface area contributed by atoms with Crippen molar-refractivity contribution in [3.8, 4) is 5.75 Å². The fraction of sp³-hybridized carbons (Fsp3) is 0.308. The Labute approximate surface area is 103 Å². The minimum absolute atomic E-state index is 0.262. The van der Waals surface area contributed by atoms with Crippen LogP contribution in [0.5, 0.6) is 5.75 Å². The first-order valence-electron chi connectivity index (χ1n) is 5.48. The van der Waals surface area contributed by atoms with Gasteiger partial charge in [-0.25, -0.2) is 4.79 Å². The predicted molar refractivity (Wildman–Crippen MR) is 70.4 cm³/mol. The fourth-order valence-electron chi connectivity index (χ4n) is 1.22. The van der Waals surface area contributed by atoms with Crippen LogP contribution in [0.25, 0.3) is 0 Å². The highest BCUT2D eigenvalue weighted by molar-refractivity contribution is 6.70. The van der Waals surface area contributed by atoms with Crippen molar-refractivity contribution in [1.82, 2.24) is 0 Å². The van der Waals surface area contributed by atoms with Gasteiger partial charge in [0, 0.05) is 6.08 Å². The molecule has 0 unspecified atom stereocenters. The summed E-state index contributed by atoms with van der Waals surface area (Å²) in [5, 5.41) is 0. The summed E-state index contributed by atoms with van der Waals surface area (Å²) in [4.78, 5) is 10.9. The van der Waals surface area contributed by atoms with Gasteiger partial charge in [0.25, 0.3) is 0 Å². The molecule has 4 heteroatoms. The molecule has 0 radical (unpaired) electrons. The second-order valence-corrected chi connectivity index (χ2v) is 9.10. The van der Waals surface area contributed by atoms with E-state index in [1.807, 2.05) is 24.3 Å². The van der Waals surface area contributed by atoms with Crippen LogP contribution in [0.15, 0.2) is 36.9 Å². The Morgan fingerprint density at radius 3 is 2.35 bits per heavy atom. The highest BCUT2D eigenvalue weighted by atomic mass is 28.4. The second kappa shape index (κ2) is 5.68. The molecule has 0 saturated heterocycles. The lowest BCUT2D eigenvalue weighted by atomic mass is 10.2. The van der Waals surface area contributed by atoms with Crippen molar-refractivity contribution in [1.29, 1.82) is 0 Å². The van der Waals surface area contributed by atoms with Crippen molar-refractivity contribution in [2.24, 2.45) is 0 Å². The summed E-state index contributed by atoms with van der Waals surface area (Å²) >= 11 is 0. The monoisotopic (exact) mass is 250 g/mol. The molecule has 0 atom stereocenters. The summed E-state index contributed by atoms with van der Waals surface area (Å²) in [6, 6.07) is 7.59. The van der Waals surface area contributed by atoms with Gasteiger partial charge in [-0.05, 0) is 37.3 Å². The smallest absolute Gasteiger partial charge is 0.330 e. The van der Waals surface area contributed by atoms with Crippen LogP contribution < -0.4 is 4.43 Å². The summed E-state index contributed by atoms with van der Waals surface area (Å²) in [7, 11) is -1.56. The Morgan fingerprint density at radius 2 is 1.88 bits per heavy atom. The van der Waals surface area contributed by atoms with Gasteiger partial charge < -0.3 is 9.16 Å². The Hall–Kier alpha value is -1.55. The molecular formula is C13H18O3Si. The van der Waals surface area contributed by atoms with Crippen LogP contribution in [-0.2, 0) is 16.1 Å². The summed E-state index contributed by atoms with van der Waals surface area (Å²) in [6.45, 7) is 9.99. The largest absolute Gasteiger partial charge is 0.544 e. The molecule has 0 amide bonds. The molecule has 3 nitrogen and oxygen atoms in total. The number of carbonyl (C=O) groups is 1. The van der Waals surface area contributed by atoms with Crippen LogP contribution >= 0.6 is 0 Å². The van der Waals surface area contributed by atoms with E-state index in [2.05, 4.69) is 26.2 Å². The minimum atomic E-state index is -1.56. The Bertz CT molecular complexity index is 390. The molecule has 1 aromatic rings. The van der Waals surface area contributed by atoms with E-state index in [0.717, 1.165) is 17.4 Å². The third kappa shape index (κ3) is 5.35. The topological polar surface area (TPSA) is 35.5 Å². The summed E-state index contributed by atoms with van der Waals surface area (Å²) < 4.78 is 10.7. The number of benzene rings is 1. The zero-order valence-corrected chi connectivity index (χ0v) is 11.5. The van der Waals surface area contributed by atoms with Crippen LogP contribution in [-0.4, -0.2) is 14.3 Å². The van der Waals surface area contributed by atoms with Gasteiger partial charge in [-0.1, -0.05) is 18.7 Å². The van der Waals surface area contributed by atoms with Gasteiger partial charge in [0.1, 0.15) is 12.4 Å². The third-order valence-electron chi connectivity index (χ3n) is 1.90. The average Bonchev–Trinajstić information content (AvgIpc) is 2.25. The SMILES string of the molecule is C=CC(=O)OCc1ccc(O[Si](C)(C)C)cc1. The maximum Gasteiger partial charge on any atom is 0.330 e. The molecule has 0 N–H and O–H groups in total. The van der Waals surface area contributed by atoms with Gasteiger partial charge in [0.2, 0.25) is 8.32 Å². The first-order chi connectivity index (χ1) is 7.90. The number of carbonyl (C=O) groups excluding carboxylic acids is 1. The second-order valence-electron chi connectivity index (χ2n) is 4.67. The van der Waals surface area contributed by atoms with Gasteiger partial charge in [0.05, 0.1) is 0 Å². The first-order valence-corrected chi connectivity index (χ1v) is 8.89. The lowest BCUT2D eigenvalue weighted by Gasteiger charge is -2.19. The molecule has 0 aliphatic heterocycles. The molecule has 0 saturated carbocycles. The lowest BCUT2D eigenvalue weighted by molar-refractivity contribution is -0.138. The molecule has 0 heterocycles. The van der Waals surface area contributed by atoms with Crippen LogP contribution in [0.1, 0.15) is 5.56 Å². The van der Waals surface area contributed by atoms with E-state index in [1.165, 1.54) is 0 Å². The molecule has 0 aliphatic rings. The van der Waals surface area contributed by atoms with Crippen molar-refractivity contribution in [2.45, 2.75) is 26.2 Å². The van der Waals surface area contributed by atoms with E-state index < -0.39 is 14.3 Å². The predicted octanol–water partition coefficient (Wildman–Crippen LogP) is 3.13. The summed E-state index contributed by atoms with van der Waals surface area (Å²) in [6.07, 6.45) is 1.16. The summed E-state index contributed by atoms with van der Waals surface area (Å²) in [5.74, 6) is 0.454. The van der Waals surface area contributed by atoms with Crippen molar-refractivity contribution in [3.05, 3.63) is 42.5 Å². The molecule has 0 spiro atoms. The molecule has 92 valence electrons. The zero-order valence-electron chi connectivity index (χ0n) is 10.5. The highest BCUT2D eigenvalue weighted by Crippen LogP contribution is 2.17. The van der Waals surface area contributed by atoms with Crippen LogP contribution in [0, 0.1) is 0 Å². The maximum absolute atomic E-state index is 10.9. The highest BCUT2D eigenvalue weighted by Gasteiger charge is 2.15. The summed E-state index contributed by atoms with van der Waals surface area (Å²) in [5.41, 5.74) is 0.933. The van der Waals surface area contributed by atoms with E-state index in [0.29, 0.717) is 0 Å². The van der Waals surface area contributed by atoms with Crippen molar-refractivity contribution >= 4 is 14.3 Å². The van der Waals surface area contributed by atoms with Crippen molar-refractivity contribution in [3.63, 3.8) is 0 Å². The molecule has 0 aromatic heterocycles. The number of ether oxygens (including phenoxy) is 1. The molecule has 0 bridgehead atoms. The van der Waals surface area contributed by atoms with E-state index in [1.54, 1.807) is 0 Å². The Kier molecular flexibility index (Phi) is 4.51. The van der Waals surface area contributed by atoms with Crippen molar-refractivity contribution in [2.75, 3.05) is 0 Å². The maximum atomic E-state index is 10.9. The van der Waals surface area contributed by atoms with Gasteiger partial charge in [-0.15, -0.1) is 0 Å². The standard InChI is InChI=1S/C13H18O3Si/c1-5-13(14)15-10-11-6-8-12(9-7-11)16-17(2,3)4/h5-9H,1,10H2,2-4H3. The van der Waals surface area contributed by atoms with Gasteiger partial charge in [-0.3, -0.25) is 0 Å². The molecule has 0 aliphatic carbocycles. The molecule has 17 heavy (non-hydrogen) atoms. The lowest BCUT2D eigenvalue weighted by Crippen LogP contribution is -2.29. The number of rotatable bonds is 5. The van der Waals surface area contributed by atoms with Crippen LogP contribution in [0.4, 0.5) is 0 Å². The van der Waals surface area contributed by atoms with Gasteiger partial charge in [0.15, 0.2) is 0 Å². The van der Waals surface area contributed by atoms with Gasteiger partial charge in [-0.2, -0.15) is 0 Å². The van der Waals surface area contributed by atoms with E-state index in [4.69, 9.17) is 9.16 Å². The van der Waals surface area contributed by atoms with Gasteiger partial charge >= 0.3 is 5.97 Å². The van der Waals surface area contributed by atoms with Crippen LogP contribution in [0.2, 0.25) is 19.6 Å². The molecular weight excluding hydrogens is 232 g/mol. The van der Waals surface area contributed by atoms with E-state index >= 15 is 0 Å². The molecule has 0 fully saturated rings. The first kappa shape index (κ1) is 13.5. The van der Waals surface area contributed by atoms with Crippen LogP contribution in [0.3, 0.4) is 0 Å². The Balaban J connectivity index is 2.56. The van der Waals surface area contributed by atoms with E-state index in [-0.39, 0.29) is 6.61 Å². The average molecular weight is 250 g/mol. The Morgan fingerprint density at radius 1 is 1.29 bits per heavy atom.